The van der Waals surface area contributed by atoms with Gasteiger partial charge in [0.25, 0.3) is 0 Å². The summed E-state index contributed by atoms with van der Waals surface area (Å²) in [6, 6.07) is 0. The molecule has 0 aromatic rings. The molecule has 72 valence electrons. The summed E-state index contributed by atoms with van der Waals surface area (Å²) in [5, 5.41) is 2.98. The topological polar surface area (TPSA) is 29.1 Å². The Morgan fingerprint density at radius 1 is 1.50 bits per heavy atom. The van der Waals surface area contributed by atoms with Crippen LogP contribution in [0.4, 0.5) is 0 Å². The lowest BCUT2D eigenvalue weighted by Crippen LogP contribution is -2.13. The van der Waals surface area contributed by atoms with E-state index in [2.05, 4.69) is 18.5 Å². The van der Waals surface area contributed by atoms with Gasteiger partial charge in [0.05, 0.1) is 0 Å². The Morgan fingerprint density at radius 2 is 2.29 bits per heavy atom. The third-order valence-corrected chi connectivity index (χ3v) is 1.86. The highest BCUT2D eigenvalue weighted by Gasteiger charge is 2.10. The first-order chi connectivity index (χ1) is 6.79. The number of nitrogens with one attached hydrogen (secondary N) is 1. The second kappa shape index (κ2) is 5.02. The lowest BCUT2D eigenvalue weighted by molar-refractivity contribution is -0.111. The molecule has 0 atom stereocenters. The zero-order valence-corrected chi connectivity index (χ0v) is 7.99. The van der Waals surface area contributed by atoms with E-state index in [0.717, 1.165) is 0 Å². The van der Waals surface area contributed by atoms with Gasteiger partial charge < -0.3 is 5.32 Å². The first kappa shape index (κ1) is 10.3. The molecule has 2 heteroatoms. The maximum atomic E-state index is 11.8. The highest BCUT2D eigenvalue weighted by molar-refractivity contribution is 6.12. The summed E-state index contributed by atoms with van der Waals surface area (Å²) in [5.41, 5.74) is 1.26. The van der Waals surface area contributed by atoms with Crippen molar-refractivity contribution >= 4 is 5.78 Å². The van der Waals surface area contributed by atoms with Gasteiger partial charge in [0.2, 0.25) is 0 Å². The SMILES string of the molecule is C=C/C=C(\C=C)C(=O)C1=CCNC=C1. The zero-order valence-electron chi connectivity index (χ0n) is 7.99. The summed E-state index contributed by atoms with van der Waals surface area (Å²) in [7, 11) is 0. The van der Waals surface area contributed by atoms with E-state index in [1.807, 2.05) is 6.08 Å². The number of hydrogen-bond acceptors (Lipinski definition) is 2. The summed E-state index contributed by atoms with van der Waals surface area (Å²) in [5.74, 6) is -0.0161. The number of Topliss-reactive ketones (excluding diaryl/α,β-unsaturated/α-hetero) is 1. The first-order valence-electron chi connectivity index (χ1n) is 4.39. The van der Waals surface area contributed by atoms with E-state index < -0.39 is 0 Å². The maximum Gasteiger partial charge on any atom is 0.192 e. The standard InChI is InChI=1S/C12H13NO/c1-3-5-10(4-2)12(14)11-6-8-13-9-7-11/h3-8,13H,1-2,9H2/b10-5+. The summed E-state index contributed by atoms with van der Waals surface area (Å²) in [6.45, 7) is 7.83. The normalized spacial score (nSPS) is 15.4. The van der Waals surface area contributed by atoms with Gasteiger partial charge in [-0.15, -0.1) is 0 Å². The summed E-state index contributed by atoms with van der Waals surface area (Å²) in [4.78, 5) is 11.8. The number of allylic oxidation sites excluding steroid dienone is 6. The predicted molar refractivity (Wildman–Crippen MR) is 58.7 cm³/mol. The lowest BCUT2D eigenvalue weighted by Gasteiger charge is -2.07. The third kappa shape index (κ3) is 2.33. The van der Waals surface area contributed by atoms with E-state index >= 15 is 0 Å². The molecule has 0 aromatic carbocycles. The second-order valence-electron chi connectivity index (χ2n) is 2.79. The third-order valence-electron chi connectivity index (χ3n) is 1.86. The summed E-state index contributed by atoms with van der Waals surface area (Å²) in [6.07, 6.45) is 10.2. The Labute approximate surface area is 84.0 Å². The van der Waals surface area contributed by atoms with Crippen LogP contribution in [0.15, 0.2) is 60.9 Å². The second-order valence-corrected chi connectivity index (χ2v) is 2.79. The van der Waals surface area contributed by atoms with Crippen LogP contribution in [0.5, 0.6) is 0 Å². The van der Waals surface area contributed by atoms with Gasteiger partial charge in [-0.05, 0) is 12.3 Å². The molecule has 0 spiro atoms. The molecule has 0 bridgehead atoms. The van der Waals surface area contributed by atoms with Crippen LogP contribution in [-0.2, 0) is 4.79 Å². The number of ketones is 1. The van der Waals surface area contributed by atoms with Crippen molar-refractivity contribution in [3.05, 3.63) is 60.9 Å². The molecule has 1 aliphatic heterocycles. The molecule has 0 unspecified atom stereocenters. The lowest BCUT2D eigenvalue weighted by atomic mass is 10.0. The molecule has 0 aliphatic carbocycles. The maximum absolute atomic E-state index is 11.8. The molecule has 14 heavy (non-hydrogen) atoms. The molecule has 1 N–H and O–H groups in total. The molecule has 0 radical (unpaired) electrons. The van der Waals surface area contributed by atoms with Crippen LogP contribution in [0.3, 0.4) is 0 Å². The first-order valence-corrected chi connectivity index (χ1v) is 4.39. The van der Waals surface area contributed by atoms with E-state index in [0.29, 0.717) is 17.7 Å². The minimum absolute atomic E-state index is 0.0161. The number of hydrogen-bond donors (Lipinski definition) is 1. The van der Waals surface area contributed by atoms with Crippen molar-refractivity contribution in [1.29, 1.82) is 0 Å². The number of carbonyl (C=O) groups excluding carboxylic acids is 1. The zero-order chi connectivity index (χ0) is 10.4. The molecule has 0 saturated carbocycles. The van der Waals surface area contributed by atoms with E-state index in [-0.39, 0.29) is 5.78 Å². The molecule has 0 fully saturated rings. The highest BCUT2D eigenvalue weighted by atomic mass is 16.1. The Hall–Kier alpha value is -1.83. The predicted octanol–water partition coefficient (Wildman–Crippen LogP) is 1.90. The van der Waals surface area contributed by atoms with Gasteiger partial charge >= 0.3 is 0 Å². The van der Waals surface area contributed by atoms with Crippen molar-refractivity contribution < 1.29 is 4.79 Å². The fourth-order valence-corrected chi connectivity index (χ4v) is 1.15. The van der Waals surface area contributed by atoms with Crippen molar-refractivity contribution in [3.63, 3.8) is 0 Å². The number of rotatable bonds is 4. The molecule has 0 saturated heterocycles. The molecule has 1 heterocycles. The molecular weight excluding hydrogens is 174 g/mol. The minimum atomic E-state index is -0.0161. The Kier molecular flexibility index (Phi) is 3.68. The van der Waals surface area contributed by atoms with E-state index in [9.17, 15) is 4.79 Å². The van der Waals surface area contributed by atoms with Crippen LogP contribution < -0.4 is 5.32 Å². The van der Waals surface area contributed by atoms with Crippen LogP contribution in [0, 0.1) is 0 Å². The minimum Gasteiger partial charge on any atom is -0.387 e. The van der Waals surface area contributed by atoms with Gasteiger partial charge in [-0.2, -0.15) is 0 Å². The van der Waals surface area contributed by atoms with E-state index in [1.165, 1.54) is 0 Å². The van der Waals surface area contributed by atoms with Crippen molar-refractivity contribution in [1.82, 2.24) is 5.32 Å². The van der Waals surface area contributed by atoms with Gasteiger partial charge in [-0.25, -0.2) is 0 Å². The number of dihydropyridines is 1. The van der Waals surface area contributed by atoms with Crippen LogP contribution in [0.25, 0.3) is 0 Å². The molecule has 1 aliphatic rings. The van der Waals surface area contributed by atoms with Gasteiger partial charge in [-0.1, -0.05) is 37.5 Å². The van der Waals surface area contributed by atoms with Crippen LogP contribution in [-0.4, -0.2) is 12.3 Å². The van der Waals surface area contributed by atoms with Crippen LogP contribution >= 0.6 is 0 Å². The smallest absolute Gasteiger partial charge is 0.192 e. The van der Waals surface area contributed by atoms with E-state index in [4.69, 9.17) is 0 Å². The van der Waals surface area contributed by atoms with E-state index in [1.54, 1.807) is 30.5 Å². The molecular formula is C12H13NO. The van der Waals surface area contributed by atoms with Crippen molar-refractivity contribution in [2.75, 3.05) is 6.54 Å². The largest absolute Gasteiger partial charge is 0.387 e. The summed E-state index contributed by atoms with van der Waals surface area (Å²) >= 11 is 0. The van der Waals surface area contributed by atoms with Crippen LogP contribution in [0.1, 0.15) is 0 Å². The van der Waals surface area contributed by atoms with Crippen LogP contribution in [0.2, 0.25) is 0 Å². The van der Waals surface area contributed by atoms with Gasteiger partial charge in [0, 0.05) is 17.7 Å². The molecule has 0 aromatic heterocycles. The molecule has 1 rings (SSSR count). The van der Waals surface area contributed by atoms with Gasteiger partial charge in [-0.3, -0.25) is 4.79 Å². The van der Waals surface area contributed by atoms with Crippen molar-refractivity contribution in [3.8, 4) is 0 Å². The van der Waals surface area contributed by atoms with Crippen molar-refractivity contribution in [2.24, 2.45) is 0 Å². The average molecular weight is 187 g/mol. The Morgan fingerprint density at radius 3 is 2.79 bits per heavy atom. The Bertz CT molecular complexity index is 345. The fraction of sp³-hybridized carbons (Fsp3) is 0.0833. The van der Waals surface area contributed by atoms with Crippen molar-refractivity contribution in [2.45, 2.75) is 0 Å². The number of carbonyl (C=O) groups is 1. The fourth-order valence-electron chi connectivity index (χ4n) is 1.15. The Balaban J connectivity index is 2.87. The van der Waals surface area contributed by atoms with Gasteiger partial charge in [0.15, 0.2) is 5.78 Å². The summed E-state index contributed by atoms with van der Waals surface area (Å²) < 4.78 is 0. The van der Waals surface area contributed by atoms with Gasteiger partial charge in [0.1, 0.15) is 0 Å². The highest BCUT2D eigenvalue weighted by Crippen LogP contribution is 2.10. The quantitative estimate of drug-likeness (QED) is 0.538. The molecule has 0 amide bonds. The molecule has 2 nitrogen and oxygen atoms in total. The average Bonchev–Trinajstić information content (AvgIpc) is 2.26. The monoisotopic (exact) mass is 187 g/mol.